The number of ether oxygens (including phenoxy) is 1. The lowest BCUT2D eigenvalue weighted by atomic mass is 10.00. The summed E-state index contributed by atoms with van der Waals surface area (Å²) in [6, 6.07) is 0. The van der Waals surface area contributed by atoms with Gasteiger partial charge in [0.2, 0.25) is 0 Å². The zero-order valence-electron chi connectivity index (χ0n) is 9.59. The molecule has 0 aliphatic carbocycles. The SMILES string of the molecule is CN(CC1CCOCC1)c1cnc(N)cn1. The second kappa shape index (κ2) is 5.12. The van der Waals surface area contributed by atoms with E-state index in [4.69, 9.17) is 10.5 Å². The summed E-state index contributed by atoms with van der Waals surface area (Å²) in [6.07, 6.45) is 5.57. The number of nitrogen functional groups attached to an aromatic ring is 1. The molecular weight excluding hydrogens is 204 g/mol. The highest BCUT2D eigenvalue weighted by molar-refractivity contribution is 5.38. The molecule has 2 rings (SSSR count). The second-order valence-electron chi connectivity index (χ2n) is 4.24. The van der Waals surface area contributed by atoms with Crippen LogP contribution in [-0.4, -0.2) is 36.8 Å². The first-order valence-electron chi connectivity index (χ1n) is 5.62. The number of rotatable bonds is 3. The highest BCUT2D eigenvalue weighted by Gasteiger charge is 2.16. The van der Waals surface area contributed by atoms with Gasteiger partial charge in [-0.1, -0.05) is 0 Å². The van der Waals surface area contributed by atoms with E-state index < -0.39 is 0 Å². The lowest BCUT2D eigenvalue weighted by molar-refractivity contribution is 0.0685. The van der Waals surface area contributed by atoms with Gasteiger partial charge in [-0.15, -0.1) is 0 Å². The molecule has 0 atom stereocenters. The summed E-state index contributed by atoms with van der Waals surface area (Å²) < 4.78 is 5.34. The number of aromatic nitrogens is 2. The van der Waals surface area contributed by atoms with Crippen LogP contribution in [0.25, 0.3) is 0 Å². The Labute approximate surface area is 95.6 Å². The number of hydrogen-bond donors (Lipinski definition) is 1. The summed E-state index contributed by atoms with van der Waals surface area (Å²) >= 11 is 0. The first kappa shape index (κ1) is 11.1. The molecule has 2 heterocycles. The molecule has 16 heavy (non-hydrogen) atoms. The minimum Gasteiger partial charge on any atom is -0.382 e. The molecule has 0 saturated carbocycles. The number of nitrogens with zero attached hydrogens (tertiary/aromatic N) is 3. The molecule has 0 bridgehead atoms. The molecule has 1 aromatic rings. The first-order valence-corrected chi connectivity index (χ1v) is 5.62. The van der Waals surface area contributed by atoms with E-state index in [0.717, 1.165) is 38.4 Å². The maximum absolute atomic E-state index is 5.50. The van der Waals surface area contributed by atoms with Crippen LogP contribution in [0.5, 0.6) is 0 Å². The average Bonchev–Trinajstić information content (AvgIpc) is 2.31. The molecule has 5 nitrogen and oxygen atoms in total. The van der Waals surface area contributed by atoms with Crippen LogP contribution in [-0.2, 0) is 4.74 Å². The van der Waals surface area contributed by atoms with Crippen molar-refractivity contribution in [3.05, 3.63) is 12.4 Å². The van der Waals surface area contributed by atoms with E-state index in [9.17, 15) is 0 Å². The van der Waals surface area contributed by atoms with Crippen LogP contribution >= 0.6 is 0 Å². The Balaban J connectivity index is 1.91. The van der Waals surface area contributed by atoms with Crippen molar-refractivity contribution in [1.82, 2.24) is 9.97 Å². The quantitative estimate of drug-likeness (QED) is 0.824. The van der Waals surface area contributed by atoms with Gasteiger partial charge >= 0.3 is 0 Å². The van der Waals surface area contributed by atoms with Crippen LogP contribution in [0.4, 0.5) is 11.6 Å². The minimum absolute atomic E-state index is 0.461. The summed E-state index contributed by atoms with van der Waals surface area (Å²) in [5.74, 6) is 2.03. The molecule has 88 valence electrons. The number of nitrogens with two attached hydrogens (primary N) is 1. The predicted molar refractivity (Wildman–Crippen MR) is 63.3 cm³/mol. The highest BCUT2D eigenvalue weighted by Crippen LogP contribution is 2.18. The predicted octanol–water partition coefficient (Wildman–Crippen LogP) is 0.922. The van der Waals surface area contributed by atoms with E-state index in [-0.39, 0.29) is 0 Å². The van der Waals surface area contributed by atoms with Gasteiger partial charge in [-0.25, -0.2) is 9.97 Å². The molecule has 0 aromatic carbocycles. The Hall–Kier alpha value is -1.36. The molecule has 1 saturated heterocycles. The normalized spacial score (nSPS) is 17.3. The molecule has 2 N–H and O–H groups in total. The molecule has 1 aliphatic heterocycles. The third kappa shape index (κ3) is 2.82. The van der Waals surface area contributed by atoms with E-state index in [0.29, 0.717) is 11.7 Å². The molecule has 1 fully saturated rings. The molecule has 0 spiro atoms. The van der Waals surface area contributed by atoms with Gasteiger partial charge in [-0.3, -0.25) is 0 Å². The van der Waals surface area contributed by atoms with E-state index in [2.05, 4.69) is 14.9 Å². The van der Waals surface area contributed by atoms with Crippen molar-refractivity contribution < 1.29 is 4.74 Å². The molecular formula is C11H18N4O. The van der Waals surface area contributed by atoms with Gasteiger partial charge in [0.05, 0.1) is 12.4 Å². The van der Waals surface area contributed by atoms with Crippen molar-refractivity contribution in [2.45, 2.75) is 12.8 Å². The second-order valence-corrected chi connectivity index (χ2v) is 4.24. The third-order valence-electron chi connectivity index (χ3n) is 2.92. The van der Waals surface area contributed by atoms with Crippen molar-refractivity contribution in [3.8, 4) is 0 Å². The maximum atomic E-state index is 5.50. The van der Waals surface area contributed by atoms with Gasteiger partial charge in [0.15, 0.2) is 0 Å². The fraction of sp³-hybridized carbons (Fsp3) is 0.636. The Bertz CT molecular complexity index is 321. The number of anilines is 2. The van der Waals surface area contributed by atoms with Crippen molar-refractivity contribution in [3.63, 3.8) is 0 Å². The average molecular weight is 222 g/mol. The van der Waals surface area contributed by atoms with E-state index in [1.807, 2.05) is 7.05 Å². The molecule has 5 heteroatoms. The Morgan fingerprint density at radius 3 is 2.75 bits per heavy atom. The summed E-state index contributed by atoms with van der Waals surface area (Å²) in [6.45, 7) is 2.76. The lowest BCUT2D eigenvalue weighted by Gasteiger charge is -2.27. The highest BCUT2D eigenvalue weighted by atomic mass is 16.5. The van der Waals surface area contributed by atoms with E-state index in [1.165, 1.54) is 0 Å². The van der Waals surface area contributed by atoms with Crippen LogP contribution in [0.15, 0.2) is 12.4 Å². The van der Waals surface area contributed by atoms with Gasteiger partial charge in [0, 0.05) is 26.8 Å². The van der Waals surface area contributed by atoms with E-state index >= 15 is 0 Å². The minimum atomic E-state index is 0.461. The summed E-state index contributed by atoms with van der Waals surface area (Å²) in [4.78, 5) is 10.4. The van der Waals surface area contributed by atoms with Gasteiger partial charge < -0.3 is 15.4 Å². The maximum Gasteiger partial charge on any atom is 0.146 e. The Morgan fingerprint density at radius 2 is 2.12 bits per heavy atom. The summed E-state index contributed by atoms with van der Waals surface area (Å²) in [5, 5.41) is 0. The Kier molecular flexibility index (Phi) is 3.56. The molecule has 0 amide bonds. The Morgan fingerprint density at radius 1 is 1.38 bits per heavy atom. The lowest BCUT2D eigenvalue weighted by Crippen LogP contribution is -2.30. The van der Waals surface area contributed by atoms with Crippen LogP contribution in [0.3, 0.4) is 0 Å². The molecule has 1 aromatic heterocycles. The number of hydrogen-bond acceptors (Lipinski definition) is 5. The van der Waals surface area contributed by atoms with Gasteiger partial charge in [0.25, 0.3) is 0 Å². The van der Waals surface area contributed by atoms with Crippen LogP contribution in [0, 0.1) is 5.92 Å². The van der Waals surface area contributed by atoms with Crippen molar-refractivity contribution in [1.29, 1.82) is 0 Å². The van der Waals surface area contributed by atoms with Crippen molar-refractivity contribution >= 4 is 11.6 Å². The zero-order chi connectivity index (χ0) is 11.4. The standard InChI is InChI=1S/C11H18N4O/c1-15(8-9-2-4-16-5-3-9)11-7-13-10(12)6-14-11/h6-7,9H,2-5,8H2,1H3,(H2,12,13). The van der Waals surface area contributed by atoms with Gasteiger partial charge in [-0.2, -0.15) is 0 Å². The van der Waals surface area contributed by atoms with Crippen LogP contribution < -0.4 is 10.6 Å². The van der Waals surface area contributed by atoms with Crippen LogP contribution in [0.1, 0.15) is 12.8 Å². The third-order valence-corrected chi connectivity index (χ3v) is 2.92. The van der Waals surface area contributed by atoms with Crippen LogP contribution in [0.2, 0.25) is 0 Å². The van der Waals surface area contributed by atoms with E-state index in [1.54, 1.807) is 12.4 Å². The fourth-order valence-corrected chi connectivity index (χ4v) is 1.94. The van der Waals surface area contributed by atoms with Gasteiger partial charge in [0.1, 0.15) is 11.6 Å². The largest absolute Gasteiger partial charge is 0.382 e. The first-order chi connectivity index (χ1) is 7.75. The molecule has 1 aliphatic rings. The molecule has 0 radical (unpaired) electrons. The van der Waals surface area contributed by atoms with Gasteiger partial charge in [-0.05, 0) is 18.8 Å². The monoisotopic (exact) mass is 222 g/mol. The van der Waals surface area contributed by atoms with Crippen molar-refractivity contribution in [2.75, 3.05) is 37.4 Å². The smallest absolute Gasteiger partial charge is 0.146 e. The topological polar surface area (TPSA) is 64.3 Å². The fourth-order valence-electron chi connectivity index (χ4n) is 1.94. The summed E-state index contributed by atoms with van der Waals surface area (Å²) in [7, 11) is 2.04. The zero-order valence-corrected chi connectivity index (χ0v) is 9.59. The molecule has 0 unspecified atom stereocenters. The van der Waals surface area contributed by atoms with Crippen molar-refractivity contribution in [2.24, 2.45) is 5.92 Å². The summed E-state index contributed by atoms with van der Waals surface area (Å²) in [5.41, 5.74) is 5.50.